The summed E-state index contributed by atoms with van der Waals surface area (Å²) in [6, 6.07) is 2.38. The van der Waals surface area contributed by atoms with Gasteiger partial charge in [-0.2, -0.15) is 0 Å². The van der Waals surface area contributed by atoms with E-state index in [-0.39, 0.29) is 11.4 Å². The SMILES string of the molecule is CCN(CC)c1c(C)cc([N+](=O)[O-])cc1[N+](=O)[O-]. The molecule has 1 aromatic carbocycles. The van der Waals surface area contributed by atoms with Crippen LogP contribution in [0.1, 0.15) is 19.4 Å². The predicted molar refractivity (Wildman–Crippen MR) is 68.0 cm³/mol. The normalized spacial score (nSPS) is 10.2. The summed E-state index contributed by atoms with van der Waals surface area (Å²) in [5.41, 5.74) is 0.524. The van der Waals surface area contributed by atoms with E-state index >= 15 is 0 Å². The van der Waals surface area contributed by atoms with Crippen LogP contribution in [-0.4, -0.2) is 22.9 Å². The van der Waals surface area contributed by atoms with E-state index in [1.807, 2.05) is 18.7 Å². The van der Waals surface area contributed by atoms with Crippen molar-refractivity contribution in [3.8, 4) is 0 Å². The summed E-state index contributed by atoms with van der Waals surface area (Å²) in [5.74, 6) is 0. The average Bonchev–Trinajstić information content (AvgIpc) is 2.31. The molecule has 0 aliphatic heterocycles. The van der Waals surface area contributed by atoms with E-state index in [1.54, 1.807) is 6.92 Å². The van der Waals surface area contributed by atoms with Crippen molar-refractivity contribution in [2.24, 2.45) is 0 Å². The van der Waals surface area contributed by atoms with Gasteiger partial charge >= 0.3 is 0 Å². The van der Waals surface area contributed by atoms with Gasteiger partial charge in [-0.3, -0.25) is 20.2 Å². The van der Waals surface area contributed by atoms with Gasteiger partial charge in [0.15, 0.2) is 0 Å². The molecule has 1 rings (SSSR count). The molecule has 18 heavy (non-hydrogen) atoms. The summed E-state index contributed by atoms with van der Waals surface area (Å²) in [4.78, 5) is 22.4. The van der Waals surface area contributed by atoms with Gasteiger partial charge in [-0.1, -0.05) is 0 Å². The van der Waals surface area contributed by atoms with Crippen LogP contribution >= 0.6 is 0 Å². The molecule has 0 unspecified atom stereocenters. The van der Waals surface area contributed by atoms with Crippen molar-refractivity contribution < 1.29 is 9.85 Å². The average molecular weight is 253 g/mol. The molecule has 0 amide bonds. The molecule has 0 fully saturated rings. The Morgan fingerprint density at radius 2 is 1.67 bits per heavy atom. The van der Waals surface area contributed by atoms with Gasteiger partial charge in [0.1, 0.15) is 5.69 Å². The highest BCUT2D eigenvalue weighted by Crippen LogP contribution is 2.35. The number of non-ortho nitro benzene ring substituents is 1. The largest absolute Gasteiger partial charge is 0.366 e. The lowest BCUT2D eigenvalue weighted by atomic mass is 10.1. The molecule has 0 saturated heterocycles. The smallest absolute Gasteiger partial charge is 0.299 e. The first kappa shape index (κ1) is 13.9. The van der Waals surface area contributed by atoms with Crippen molar-refractivity contribution >= 4 is 17.1 Å². The van der Waals surface area contributed by atoms with Crippen LogP contribution in [-0.2, 0) is 0 Å². The van der Waals surface area contributed by atoms with Crippen molar-refractivity contribution in [3.63, 3.8) is 0 Å². The summed E-state index contributed by atoms with van der Waals surface area (Å²) >= 11 is 0. The first-order valence-corrected chi connectivity index (χ1v) is 5.60. The monoisotopic (exact) mass is 253 g/mol. The number of aryl methyl sites for hydroxylation is 1. The van der Waals surface area contributed by atoms with Gasteiger partial charge < -0.3 is 4.90 Å². The molecule has 0 heterocycles. The molecule has 0 aliphatic carbocycles. The molecule has 0 aliphatic rings. The first-order chi connectivity index (χ1) is 8.42. The zero-order chi connectivity index (χ0) is 13.9. The van der Waals surface area contributed by atoms with E-state index < -0.39 is 9.85 Å². The van der Waals surface area contributed by atoms with Crippen molar-refractivity contribution in [3.05, 3.63) is 37.9 Å². The van der Waals surface area contributed by atoms with Gasteiger partial charge in [0.05, 0.1) is 15.9 Å². The zero-order valence-electron chi connectivity index (χ0n) is 10.5. The number of hydrogen-bond acceptors (Lipinski definition) is 5. The molecular weight excluding hydrogens is 238 g/mol. The molecule has 1 aromatic rings. The molecule has 7 nitrogen and oxygen atoms in total. The van der Waals surface area contributed by atoms with Crippen molar-refractivity contribution in [1.29, 1.82) is 0 Å². The zero-order valence-corrected chi connectivity index (χ0v) is 10.5. The van der Waals surface area contributed by atoms with Gasteiger partial charge in [-0.25, -0.2) is 0 Å². The quantitative estimate of drug-likeness (QED) is 0.594. The van der Waals surface area contributed by atoms with Crippen LogP contribution in [0.2, 0.25) is 0 Å². The minimum Gasteiger partial charge on any atom is -0.366 e. The Morgan fingerprint density at radius 3 is 2.06 bits per heavy atom. The van der Waals surface area contributed by atoms with Crippen molar-refractivity contribution in [1.82, 2.24) is 0 Å². The fourth-order valence-corrected chi connectivity index (χ4v) is 1.94. The van der Waals surface area contributed by atoms with Crippen LogP contribution in [0.25, 0.3) is 0 Å². The fourth-order valence-electron chi connectivity index (χ4n) is 1.94. The number of hydrogen-bond donors (Lipinski definition) is 0. The van der Waals surface area contributed by atoms with Crippen LogP contribution in [0.4, 0.5) is 17.1 Å². The highest BCUT2D eigenvalue weighted by Gasteiger charge is 2.25. The van der Waals surface area contributed by atoms with Crippen molar-refractivity contribution in [2.45, 2.75) is 20.8 Å². The summed E-state index contributed by atoms with van der Waals surface area (Å²) < 4.78 is 0. The van der Waals surface area contributed by atoms with Gasteiger partial charge in [0.25, 0.3) is 11.4 Å². The second-order valence-corrected chi connectivity index (χ2v) is 3.82. The maximum absolute atomic E-state index is 11.0. The highest BCUT2D eigenvalue weighted by molar-refractivity contribution is 5.71. The molecule has 98 valence electrons. The van der Waals surface area contributed by atoms with Gasteiger partial charge in [-0.15, -0.1) is 0 Å². The second-order valence-electron chi connectivity index (χ2n) is 3.82. The van der Waals surface area contributed by atoms with Gasteiger partial charge in [-0.05, 0) is 26.3 Å². The summed E-state index contributed by atoms with van der Waals surface area (Å²) in [7, 11) is 0. The number of rotatable bonds is 5. The molecule has 7 heteroatoms. The van der Waals surface area contributed by atoms with Crippen molar-refractivity contribution in [2.75, 3.05) is 18.0 Å². The predicted octanol–water partition coefficient (Wildman–Crippen LogP) is 2.66. The summed E-state index contributed by atoms with van der Waals surface area (Å²) in [5, 5.41) is 21.8. The van der Waals surface area contributed by atoms with E-state index in [9.17, 15) is 20.2 Å². The minimum atomic E-state index is -0.619. The standard InChI is InChI=1S/C11H15N3O4/c1-4-12(5-2)11-8(3)6-9(13(15)16)7-10(11)14(17)18/h6-7H,4-5H2,1-3H3. The molecule has 0 bridgehead atoms. The molecule has 0 atom stereocenters. The number of anilines is 1. The number of benzene rings is 1. The maximum Gasteiger partial charge on any atom is 0.299 e. The van der Waals surface area contributed by atoms with Crippen LogP contribution in [0, 0.1) is 27.2 Å². The van der Waals surface area contributed by atoms with Gasteiger partial charge in [0, 0.05) is 19.2 Å². The van der Waals surface area contributed by atoms with E-state index in [0.29, 0.717) is 24.3 Å². The van der Waals surface area contributed by atoms with E-state index in [1.165, 1.54) is 6.07 Å². The third-order valence-electron chi connectivity index (χ3n) is 2.75. The third kappa shape index (κ3) is 2.55. The third-order valence-corrected chi connectivity index (χ3v) is 2.75. The van der Waals surface area contributed by atoms with Crippen LogP contribution in [0.15, 0.2) is 12.1 Å². The lowest BCUT2D eigenvalue weighted by Crippen LogP contribution is -2.23. The molecule has 0 radical (unpaired) electrons. The van der Waals surface area contributed by atoms with Crippen LogP contribution in [0.5, 0.6) is 0 Å². The molecule has 0 spiro atoms. The molecule has 0 N–H and O–H groups in total. The Balaban J connectivity index is 3.50. The summed E-state index contributed by atoms with van der Waals surface area (Å²) in [6.45, 7) is 6.63. The van der Waals surface area contributed by atoms with Gasteiger partial charge in [0.2, 0.25) is 0 Å². The Labute approximate surface area is 104 Å². The fraction of sp³-hybridized carbons (Fsp3) is 0.455. The highest BCUT2D eigenvalue weighted by atomic mass is 16.6. The lowest BCUT2D eigenvalue weighted by molar-refractivity contribution is -0.393. The minimum absolute atomic E-state index is 0.217. The van der Waals surface area contributed by atoms with E-state index in [2.05, 4.69) is 0 Å². The Morgan fingerprint density at radius 1 is 1.11 bits per heavy atom. The number of nitro benzene ring substituents is 2. The van der Waals surface area contributed by atoms with E-state index in [0.717, 1.165) is 6.07 Å². The van der Waals surface area contributed by atoms with Crippen LogP contribution < -0.4 is 4.90 Å². The Bertz CT molecular complexity index is 483. The maximum atomic E-state index is 11.0. The Kier molecular flexibility index (Phi) is 4.19. The number of nitro groups is 2. The van der Waals surface area contributed by atoms with Crippen LogP contribution in [0.3, 0.4) is 0 Å². The topological polar surface area (TPSA) is 89.5 Å². The second kappa shape index (κ2) is 5.44. The van der Waals surface area contributed by atoms with E-state index in [4.69, 9.17) is 0 Å². The first-order valence-electron chi connectivity index (χ1n) is 5.60. The lowest BCUT2D eigenvalue weighted by Gasteiger charge is -2.22. The summed E-state index contributed by atoms with van der Waals surface area (Å²) in [6.07, 6.45) is 0. The molecule has 0 aromatic heterocycles. The number of nitrogens with zero attached hydrogens (tertiary/aromatic N) is 3. The molecular formula is C11H15N3O4. The molecule has 0 saturated carbocycles. The Hall–Kier alpha value is -2.18.